The van der Waals surface area contributed by atoms with E-state index in [1.165, 1.54) is 42.2 Å². The molecule has 1 aromatic rings. The Bertz CT molecular complexity index is 413. The summed E-state index contributed by atoms with van der Waals surface area (Å²) in [4.78, 5) is 8.05. The topological polar surface area (TPSA) is 18.5 Å². The average Bonchev–Trinajstić information content (AvgIpc) is 3.12. The van der Waals surface area contributed by atoms with Crippen molar-refractivity contribution in [3.05, 3.63) is 21.9 Å². The zero-order valence-corrected chi connectivity index (χ0v) is 12.9. The van der Waals surface area contributed by atoms with Gasteiger partial charge in [-0.3, -0.25) is 4.90 Å². The van der Waals surface area contributed by atoms with Crippen molar-refractivity contribution in [3.63, 3.8) is 0 Å². The highest BCUT2D eigenvalue weighted by molar-refractivity contribution is 7.11. The van der Waals surface area contributed by atoms with Crippen LogP contribution in [0.4, 0.5) is 0 Å². The molecule has 1 unspecified atom stereocenters. The van der Waals surface area contributed by atoms with Gasteiger partial charge in [-0.05, 0) is 38.9 Å². The molecule has 2 fully saturated rings. The minimum Gasteiger partial charge on any atom is -0.309 e. The molecule has 1 N–H and O–H groups in total. The van der Waals surface area contributed by atoms with Crippen LogP contribution in [0.25, 0.3) is 0 Å². The number of hydrogen-bond donors (Lipinski definition) is 1. The van der Waals surface area contributed by atoms with E-state index in [2.05, 4.69) is 41.2 Å². The lowest BCUT2D eigenvalue weighted by Gasteiger charge is -2.37. The summed E-state index contributed by atoms with van der Waals surface area (Å²) < 4.78 is 0. The molecule has 0 bridgehead atoms. The molecule has 0 spiro atoms. The van der Waals surface area contributed by atoms with Crippen LogP contribution in [-0.4, -0.2) is 48.6 Å². The highest BCUT2D eigenvalue weighted by atomic mass is 32.1. The number of nitrogens with one attached hydrogen (secondary N) is 1. The molecule has 2 aliphatic rings. The number of thiophene rings is 1. The van der Waals surface area contributed by atoms with Crippen molar-refractivity contribution in [2.75, 3.05) is 26.7 Å². The molecule has 1 saturated carbocycles. The van der Waals surface area contributed by atoms with Crippen LogP contribution in [0.2, 0.25) is 0 Å². The molecule has 1 aromatic heterocycles. The van der Waals surface area contributed by atoms with Crippen molar-refractivity contribution in [1.29, 1.82) is 0 Å². The predicted molar refractivity (Wildman–Crippen MR) is 81.5 cm³/mol. The fourth-order valence-corrected chi connectivity index (χ4v) is 3.63. The number of piperazine rings is 1. The molecule has 3 rings (SSSR count). The van der Waals surface area contributed by atoms with E-state index >= 15 is 0 Å². The highest BCUT2D eigenvalue weighted by Crippen LogP contribution is 2.23. The third-order valence-corrected chi connectivity index (χ3v) is 5.35. The predicted octanol–water partition coefficient (Wildman–Crippen LogP) is 2.14. The van der Waals surface area contributed by atoms with Gasteiger partial charge in [0, 0.05) is 54.6 Å². The number of nitrogens with zero attached hydrogens (tertiary/aromatic N) is 2. The summed E-state index contributed by atoms with van der Waals surface area (Å²) in [6.07, 6.45) is 2.74. The molecule has 106 valence electrons. The van der Waals surface area contributed by atoms with Gasteiger partial charge in [0.25, 0.3) is 0 Å². The van der Waals surface area contributed by atoms with Crippen LogP contribution < -0.4 is 5.32 Å². The first-order valence-electron chi connectivity index (χ1n) is 7.44. The Morgan fingerprint density at radius 1 is 1.26 bits per heavy atom. The van der Waals surface area contributed by atoms with Crippen LogP contribution in [0.15, 0.2) is 12.1 Å². The number of rotatable bonds is 5. The summed E-state index contributed by atoms with van der Waals surface area (Å²) in [6.45, 7) is 8.12. The van der Waals surface area contributed by atoms with Crippen LogP contribution in [0.1, 0.15) is 29.5 Å². The normalized spacial score (nSPS) is 25.9. The summed E-state index contributed by atoms with van der Waals surface area (Å²) in [7, 11) is 2.23. The van der Waals surface area contributed by atoms with E-state index in [0.717, 1.165) is 19.1 Å². The Morgan fingerprint density at radius 2 is 2.05 bits per heavy atom. The SMILES string of the molecule is CC1CN(Cc2ccc(CNC3CC3)s2)CCN1C. The van der Waals surface area contributed by atoms with E-state index in [0.29, 0.717) is 6.04 Å². The summed E-state index contributed by atoms with van der Waals surface area (Å²) in [5.74, 6) is 0. The van der Waals surface area contributed by atoms with Gasteiger partial charge < -0.3 is 10.2 Å². The van der Waals surface area contributed by atoms with Crippen LogP contribution in [0, 0.1) is 0 Å². The molecule has 1 aliphatic carbocycles. The van der Waals surface area contributed by atoms with Crippen molar-refractivity contribution in [3.8, 4) is 0 Å². The Morgan fingerprint density at radius 3 is 2.79 bits per heavy atom. The van der Waals surface area contributed by atoms with Crippen molar-refractivity contribution >= 4 is 11.3 Å². The van der Waals surface area contributed by atoms with Crippen molar-refractivity contribution in [2.45, 2.75) is 44.9 Å². The molecule has 19 heavy (non-hydrogen) atoms. The van der Waals surface area contributed by atoms with Crippen molar-refractivity contribution in [1.82, 2.24) is 15.1 Å². The summed E-state index contributed by atoms with van der Waals surface area (Å²) >= 11 is 1.98. The van der Waals surface area contributed by atoms with Crippen LogP contribution in [0.3, 0.4) is 0 Å². The summed E-state index contributed by atoms with van der Waals surface area (Å²) in [5, 5.41) is 3.59. The third kappa shape index (κ3) is 3.78. The number of likely N-dealkylation sites (N-methyl/N-ethyl adjacent to an activating group) is 1. The van der Waals surface area contributed by atoms with Crippen molar-refractivity contribution < 1.29 is 0 Å². The number of hydrogen-bond acceptors (Lipinski definition) is 4. The van der Waals surface area contributed by atoms with Crippen LogP contribution in [0.5, 0.6) is 0 Å². The summed E-state index contributed by atoms with van der Waals surface area (Å²) in [6, 6.07) is 6.11. The Labute approximate surface area is 120 Å². The Hall–Kier alpha value is -0.420. The molecule has 1 saturated heterocycles. The zero-order valence-electron chi connectivity index (χ0n) is 12.1. The van der Waals surface area contributed by atoms with Gasteiger partial charge in [-0.25, -0.2) is 0 Å². The maximum atomic E-state index is 3.59. The van der Waals surface area contributed by atoms with E-state index in [-0.39, 0.29) is 0 Å². The van der Waals surface area contributed by atoms with Gasteiger partial charge in [-0.15, -0.1) is 11.3 Å². The largest absolute Gasteiger partial charge is 0.309 e. The molecule has 3 nitrogen and oxygen atoms in total. The molecule has 0 amide bonds. The van der Waals surface area contributed by atoms with Crippen LogP contribution >= 0.6 is 11.3 Å². The van der Waals surface area contributed by atoms with E-state index in [1.54, 1.807) is 0 Å². The van der Waals surface area contributed by atoms with Gasteiger partial charge in [0.2, 0.25) is 0 Å². The Kier molecular flexibility index (Phi) is 4.22. The van der Waals surface area contributed by atoms with Crippen LogP contribution in [-0.2, 0) is 13.1 Å². The quantitative estimate of drug-likeness (QED) is 0.891. The first kappa shape index (κ1) is 13.6. The second-order valence-electron chi connectivity index (χ2n) is 6.09. The summed E-state index contributed by atoms with van der Waals surface area (Å²) in [5.41, 5.74) is 0. The first-order chi connectivity index (χ1) is 9.20. The first-order valence-corrected chi connectivity index (χ1v) is 8.26. The van der Waals surface area contributed by atoms with Gasteiger partial charge >= 0.3 is 0 Å². The third-order valence-electron chi connectivity index (χ3n) is 4.28. The standard InChI is InChI=1S/C15H25N3S/c1-12-10-18(8-7-17(12)2)11-15-6-5-14(19-15)9-16-13-3-4-13/h5-6,12-13,16H,3-4,7-11H2,1-2H3. The fraction of sp³-hybridized carbons (Fsp3) is 0.733. The van der Waals surface area contributed by atoms with Gasteiger partial charge in [0.15, 0.2) is 0 Å². The van der Waals surface area contributed by atoms with Gasteiger partial charge in [0.05, 0.1) is 0 Å². The monoisotopic (exact) mass is 279 g/mol. The second-order valence-corrected chi connectivity index (χ2v) is 7.34. The zero-order chi connectivity index (χ0) is 13.2. The molecular weight excluding hydrogens is 254 g/mol. The second kappa shape index (κ2) is 5.92. The van der Waals surface area contributed by atoms with Crippen molar-refractivity contribution in [2.24, 2.45) is 0 Å². The molecule has 2 heterocycles. The minimum atomic E-state index is 0.685. The molecule has 1 atom stereocenters. The Balaban J connectivity index is 1.48. The molecule has 4 heteroatoms. The lowest BCUT2D eigenvalue weighted by atomic mass is 10.2. The van der Waals surface area contributed by atoms with E-state index in [4.69, 9.17) is 0 Å². The maximum Gasteiger partial charge on any atom is 0.0329 e. The van der Waals surface area contributed by atoms with E-state index in [1.807, 2.05) is 11.3 Å². The molecule has 1 aliphatic heterocycles. The van der Waals surface area contributed by atoms with Gasteiger partial charge in [-0.2, -0.15) is 0 Å². The lowest BCUT2D eigenvalue weighted by molar-refractivity contribution is 0.101. The van der Waals surface area contributed by atoms with E-state index < -0.39 is 0 Å². The van der Waals surface area contributed by atoms with Gasteiger partial charge in [0.1, 0.15) is 0 Å². The van der Waals surface area contributed by atoms with Gasteiger partial charge in [-0.1, -0.05) is 0 Å². The minimum absolute atomic E-state index is 0.685. The highest BCUT2D eigenvalue weighted by Gasteiger charge is 2.22. The fourth-order valence-electron chi connectivity index (χ4n) is 2.62. The maximum absolute atomic E-state index is 3.59. The molecular formula is C15H25N3S. The average molecular weight is 279 g/mol. The molecule has 0 radical (unpaired) electrons. The smallest absolute Gasteiger partial charge is 0.0329 e. The lowest BCUT2D eigenvalue weighted by Crippen LogP contribution is -2.49. The van der Waals surface area contributed by atoms with E-state index in [9.17, 15) is 0 Å². The molecule has 0 aromatic carbocycles.